The lowest BCUT2D eigenvalue weighted by molar-refractivity contribution is 0.326. The molecule has 1 unspecified atom stereocenters. The van der Waals surface area contributed by atoms with Gasteiger partial charge in [0.15, 0.2) is 0 Å². The van der Waals surface area contributed by atoms with E-state index in [1.54, 1.807) is 0 Å². The molecule has 0 aromatic heterocycles. The van der Waals surface area contributed by atoms with Crippen molar-refractivity contribution in [3.63, 3.8) is 0 Å². The molecule has 0 amide bonds. The number of benzene rings is 2. The fourth-order valence-corrected chi connectivity index (χ4v) is 3.41. The Balaban J connectivity index is 2.05. The summed E-state index contributed by atoms with van der Waals surface area (Å²) in [6.07, 6.45) is 1.02. The first kappa shape index (κ1) is 14.2. The normalized spacial score (nSPS) is 15.4. The number of nitrogens with one attached hydrogen (secondary N) is 1. The highest BCUT2D eigenvalue weighted by Gasteiger charge is 2.34. The quantitative estimate of drug-likeness (QED) is 0.919. The minimum atomic E-state index is -0.0168. The van der Waals surface area contributed by atoms with Gasteiger partial charge < -0.3 is 10.1 Å². The van der Waals surface area contributed by atoms with Crippen LogP contribution in [0.5, 0.6) is 5.75 Å². The third kappa shape index (κ3) is 2.44. The summed E-state index contributed by atoms with van der Waals surface area (Å²) in [5, 5.41) is 3.51. The molecule has 21 heavy (non-hydrogen) atoms. The van der Waals surface area contributed by atoms with Crippen LogP contribution < -0.4 is 10.1 Å². The van der Waals surface area contributed by atoms with Gasteiger partial charge in [-0.1, -0.05) is 62.4 Å². The molecule has 0 saturated heterocycles. The van der Waals surface area contributed by atoms with Crippen molar-refractivity contribution in [3.05, 3.63) is 65.2 Å². The van der Waals surface area contributed by atoms with E-state index in [0.717, 1.165) is 18.8 Å². The largest absolute Gasteiger partial charge is 0.493 e. The first-order valence-electron chi connectivity index (χ1n) is 7.62. The van der Waals surface area contributed by atoms with Crippen molar-refractivity contribution in [1.82, 2.24) is 5.32 Å². The summed E-state index contributed by atoms with van der Waals surface area (Å²) in [5.74, 6) is 1.08. The predicted octanol–water partition coefficient (Wildman–Crippen LogP) is 3.86. The smallest absolute Gasteiger partial charge is 0.127 e. The zero-order chi connectivity index (χ0) is 14.9. The van der Waals surface area contributed by atoms with E-state index in [4.69, 9.17) is 4.74 Å². The molecule has 2 heteroatoms. The Hall–Kier alpha value is -1.80. The van der Waals surface area contributed by atoms with Crippen molar-refractivity contribution in [2.75, 3.05) is 13.7 Å². The van der Waals surface area contributed by atoms with Crippen molar-refractivity contribution in [2.24, 2.45) is 0 Å². The van der Waals surface area contributed by atoms with Gasteiger partial charge in [-0.3, -0.25) is 0 Å². The van der Waals surface area contributed by atoms with Crippen molar-refractivity contribution in [2.45, 2.75) is 31.7 Å². The fourth-order valence-electron chi connectivity index (χ4n) is 3.41. The highest BCUT2D eigenvalue weighted by molar-refractivity contribution is 5.47. The maximum absolute atomic E-state index is 5.90. The molecular weight excluding hydrogens is 258 g/mol. The van der Waals surface area contributed by atoms with Crippen LogP contribution in [-0.2, 0) is 11.8 Å². The standard InChI is InChI=1S/C19H23NO/c1-19(2,15-9-5-4-6-10-15)18(20-3)16-11-7-8-14-12-13-21-17(14)16/h4-11,18,20H,12-13H2,1-3H3. The van der Waals surface area contributed by atoms with Crippen molar-refractivity contribution < 1.29 is 4.74 Å². The topological polar surface area (TPSA) is 21.3 Å². The lowest BCUT2D eigenvalue weighted by Gasteiger charge is -2.36. The van der Waals surface area contributed by atoms with Crippen LogP contribution in [0.2, 0.25) is 0 Å². The van der Waals surface area contributed by atoms with Crippen LogP contribution in [0.25, 0.3) is 0 Å². The summed E-state index contributed by atoms with van der Waals surface area (Å²) < 4.78 is 5.90. The van der Waals surface area contributed by atoms with Crippen LogP contribution in [0.3, 0.4) is 0 Å². The fraction of sp³-hybridized carbons (Fsp3) is 0.368. The van der Waals surface area contributed by atoms with Gasteiger partial charge >= 0.3 is 0 Å². The molecule has 2 aromatic carbocycles. The van der Waals surface area contributed by atoms with Gasteiger partial charge in [0.1, 0.15) is 5.75 Å². The van der Waals surface area contributed by atoms with Gasteiger partial charge in [0.25, 0.3) is 0 Å². The Morgan fingerprint density at radius 1 is 1.05 bits per heavy atom. The van der Waals surface area contributed by atoms with E-state index in [9.17, 15) is 0 Å². The maximum Gasteiger partial charge on any atom is 0.127 e. The lowest BCUT2D eigenvalue weighted by atomic mass is 9.74. The summed E-state index contributed by atoms with van der Waals surface area (Å²) in [6.45, 7) is 5.38. The van der Waals surface area contributed by atoms with Gasteiger partial charge in [-0.2, -0.15) is 0 Å². The summed E-state index contributed by atoms with van der Waals surface area (Å²) in [4.78, 5) is 0. The SMILES string of the molecule is CNC(c1cccc2c1OCC2)C(C)(C)c1ccccc1. The molecular formula is C19H23NO. The van der Waals surface area contributed by atoms with E-state index >= 15 is 0 Å². The van der Waals surface area contributed by atoms with Gasteiger partial charge in [-0.15, -0.1) is 0 Å². The molecule has 2 nitrogen and oxygen atoms in total. The van der Waals surface area contributed by atoms with E-state index in [1.807, 2.05) is 7.05 Å². The molecule has 1 aliphatic heterocycles. The van der Waals surface area contributed by atoms with Crippen LogP contribution in [0, 0.1) is 0 Å². The Kier molecular flexibility index (Phi) is 3.73. The van der Waals surface area contributed by atoms with Crippen LogP contribution in [-0.4, -0.2) is 13.7 Å². The summed E-state index contributed by atoms with van der Waals surface area (Å²) >= 11 is 0. The Labute approximate surface area is 127 Å². The second-order valence-corrected chi connectivity index (χ2v) is 6.24. The number of ether oxygens (including phenoxy) is 1. The minimum absolute atomic E-state index is 0.0168. The second-order valence-electron chi connectivity index (χ2n) is 6.24. The average molecular weight is 281 g/mol. The molecule has 0 saturated carbocycles. The van der Waals surface area contributed by atoms with E-state index in [1.165, 1.54) is 16.7 Å². The molecule has 1 heterocycles. The number of hydrogen-bond donors (Lipinski definition) is 1. The van der Waals surface area contributed by atoms with Crippen molar-refractivity contribution >= 4 is 0 Å². The van der Waals surface area contributed by atoms with Crippen LogP contribution in [0.4, 0.5) is 0 Å². The number of para-hydroxylation sites is 1. The first-order valence-corrected chi connectivity index (χ1v) is 7.62. The summed E-state index contributed by atoms with van der Waals surface area (Å²) in [7, 11) is 2.03. The maximum atomic E-state index is 5.90. The van der Waals surface area contributed by atoms with Crippen molar-refractivity contribution in [3.8, 4) is 5.75 Å². The van der Waals surface area contributed by atoms with Crippen LogP contribution >= 0.6 is 0 Å². The molecule has 2 aromatic rings. The second kappa shape index (κ2) is 5.53. The Bertz CT molecular complexity index is 619. The molecule has 1 aliphatic rings. The summed E-state index contributed by atoms with van der Waals surface area (Å²) in [6, 6.07) is 17.4. The molecule has 1 N–H and O–H groups in total. The molecule has 110 valence electrons. The molecule has 0 spiro atoms. The van der Waals surface area contributed by atoms with Gasteiger partial charge in [0.2, 0.25) is 0 Å². The molecule has 0 radical (unpaired) electrons. The zero-order valence-corrected chi connectivity index (χ0v) is 13.0. The first-order chi connectivity index (χ1) is 10.1. The predicted molar refractivity (Wildman–Crippen MR) is 86.9 cm³/mol. The van der Waals surface area contributed by atoms with E-state index < -0.39 is 0 Å². The summed E-state index contributed by atoms with van der Waals surface area (Å²) in [5.41, 5.74) is 3.91. The highest BCUT2D eigenvalue weighted by Crippen LogP contribution is 2.42. The van der Waals surface area contributed by atoms with E-state index in [2.05, 4.69) is 67.7 Å². The zero-order valence-electron chi connectivity index (χ0n) is 13.0. The number of rotatable bonds is 4. The Morgan fingerprint density at radius 3 is 2.52 bits per heavy atom. The van der Waals surface area contributed by atoms with Gasteiger partial charge in [0, 0.05) is 23.4 Å². The monoisotopic (exact) mass is 281 g/mol. The average Bonchev–Trinajstić information content (AvgIpc) is 2.98. The molecule has 3 rings (SSSR count). The molecule has 0 bridgehead atoms. The molecule has 0 fully saturated rings. The number of hydrogen-bond acceptors (Lipinski definition) is 2. The van der Waals surface area contributed by atoms with E-state index in [-0.39, 0.29) is 11.5 Å². The number of likely N-dealkylation sites (N-methyl/N-ethyl adjacent to an activating group) is 1. The van der Waals surface area contributed by atoms with Gasteiger partial charge in [-0.05, 0) is 18.2 Å². The van der Waals surface area contributed by atoms with E-state index in [0.29, 0.717) is 0 Å². The lowest BCUT2D eigenvalue weighted by Crippen LogP contribution is -2.35. The molecule has 0 aliphatic carbocycles. The van der Waals surface area contributed by atoms with Gasteiger partial charge in [0.05, 0.1) is 6.61 Å². The van der Waals surface area contributed by atoms with Crippen molar-refractivity contribution in [1.29, 1.82) is 0 Å². The van der Waals surface area contributed by atoms with Gasteiger partial charge in [-0.25, -0.2) is 0 Å². The third-order valence-electron chi connectivity index (χ3n) is 4.58. The minimum Gasteiger partial charge on any atom is -0.493 e. The van der Waals surface area contributed by atoms with Crippen LogP contribution in [0.15, 0.2) is 48.5 Å². The third-order valence-corrected chi connectivity index (χ3v) is 4.58. The molecule has 1 atom stereocenters. The van der Waals surface area contributed by atoms with Crippen LogP contribution in [0.1, 0.15) is 36.6 Å². The highest BCUT2D eigenvalue weighted by atomic mass is 16.5. The number of fused-ring (bicyclic) bond motifs is 1. The Morgan fingerprint density at radius 2 is 1.81 bits per heavy atom.